The number of benzene rings is 1. The predicted molar refractivity (Wildman–Crippen MR) is 92.4 cm³/mol. The van der Waals surface area contributed by atoms with Gasteiger partial charge in [-0.05, 0) is 37.1 Å². The average Bonchev–Trinajstić information content (AvgIpc) is 3.09. The molecular formula is C18H21N3O5. The van der Waals surface area contributed by atoms with Crippen LogP contribution >= 0.6 is 0 Å². The number of carboxylic acids is 1. The van der Waals surface area contributed by atoms with Crippen LogP contribution in [-0.4, -0.2) is 57.0 Å². The number of carbonyl (C=O) groups is 2. The number of likely N-dealkylation sites (tertiary alicyclic amines) is 1. The van der Waals surface area contributed by atoms with E-state index >= 15 is 0 Å². The van der Waals surface area contributed by atoms with Gasteiger partial charge in [0.1, 0.15) is 6.54 Å². The number of phenols is 1. The highest BCUT2D eigenvalue weighted by molar-refractivity contribution is 5.95. The smallest absolute Gasteiger partial charge is 0.325 e. The monoisotopic (exact) mass is 359 g/mol. The van der Waals surface area contributed by atoms with Crippen LogP contribution in [0.4, 0.5) is 0 Å². The van der Waals surface area contributed by atoms with Gasteiger partial charge in [-0.1, -0.05) is 0 Å². The molecule has 138 valence electrons. The molecule has 8 heteroatoms. The van der Waals surface area contributed by atoms with Crippen molar-refractivity contribution in [3.05, 3.63) is 41.7 Å². The standard InChI is InChI=1S/C18H21N3O5/c1-26-16-5-4-12(9-15(16)22)18(25)20-7-2-3-13(10-20)14-6-8-21(19-14)11-17(23)24/h4-6,8-9,13,22H,2-3,7,10-11H2,1H3,(H,23,24)/t13-/m0/s1. The lowest BCUT2D eigenvalue weighted by Gasteiger charge is -2.32. The van der Waals surface area contributed by atoms with Crippen LogP contribution in [0.15, 0.2) is 30.5 Å². The molecule has 0 unspecified atom stereocenters. The van der Waals surface area contributed by atoms with E-state index in [1.807, 2.05) is 0 Å². The second-order valence-electron chi connectivity index (χ2n) is 6.31. The van der Waals surface area contributed by atoms with Crippen LogP contribution in [-0.2, 0) is 11.3 Å². The van der Waals surface area contributed by atoms with Crippen molar-refractivity contribution in [2.45, 2.75) is 25.3 Å². The molecule has 0 saturated carbocycles. The molecule has 2 heterocycles. The van der Waals surface area contributed by atoms with Crippen LogP contribution in [0.1, 0.15) is 34.8 Å². The number of carboxylic acid groups (broad SMARTS) is 1. The summed E-state index contributed by atoms with van der Waals surface area (Å²) in [5, 5.41) is 23.0. The summed E-state index contributed by atoms with van der Waals surface area (Å²) in [6.07, 6.45) is 3.37. The maximum absolute atomic E-state index is 12.7. The van der Waals surface area contributed by atoms with Crippen molar-refractivity contribution in [3.8, 4) is 11.5 Å². The van der Waals surface area contributed by atoms with E-state index in [1.165, 1.54) is 17.9 Å². The number of rotatable bonds is 5. The molecule has 3 rings (SSSR count). The molecule has 1 aliphatic rings. The zero-order valence-electron chi connectivity index (χ0n) is 14.5. The molecule has 8 nitrogen and oxygen atoms in total. The van der Waals surface area contributed by atoms with E-state index in [-0.39, 0.29) is 24.1 Å². The number of aromatic nitrogens is 2. The zero-order valence-corrected chi connectivity index (χ0v) is 14.5. The maximum Gasteiger partial charge on any atom is 0.325 e. The number of hydrogen-bond donors (Lipinski definition) is 2. The first-order valence-electron chi connectivity index (χ1n) is 8.39. The number of ether oxygens (including phenoxy) is 1. The lowest BCUT2D eigenvalue weighted by molar-refractivity contribution is -0.137. The van der Waals surface area contributed by atoms with E-state index < -0.39 is 5.97 Å². The minimum Gasteiger partial charge on any atom is -0.504 e. The number of phenolic OH excluding ortho intramolecular Hbond substituents is 1. The Balaban J connectivity index is 1.71. The van der Waals surface area contributed by atoms with Crippen molar-refractivity contribution < 1.29 is 24.5 Å². The van der Waals surface area contributed by atoms with Crippen LogP contribution in [0.3, 0.4) is 0 Å². The summed E-state index contributed by atoms with van der Waals surface area (Å²) in [7, 11) is 1.45. The number of hydrogen-bond acceptors (Lipinski definition) is 5. The van der Waals surface area contributed by atoms with Gasteiger partial charge in [0, 0.05) is 30.8 Å². The van der Waals surface area contributed by atoms with E-state index in [0.717, 1.165) is 18.5 Å². The van der Waals surface area contributed by atoms with Crippen LogP contribution < -0.4 is 4.74 Å². The Morgan fingerprint density at radius 2 is 2.15 bits per heavy atom. The van der Waals surface area contributed by atoms with Crippen LogP contribution in [0.5, 0.6) is 11.5 Å². The molecule has 0 aliphatic carbocycles. The minimum atomic E-state index is -0.945. The molecule has 1 amide bonds. The lowest BCUT2D eigenvalue weighted by atomic mass is 9.94. The highest BCUT2D eigenvalue weighted by atomic mass is 16.5. The molecule has 2 N–H and O–H groups in total. The van der Waals surface area contributed by atoms with Crippen molar-refractivity contribution in [2.75, 3.05) is 20.2 Å². The Kier molecular flexibility index (Phi) is 5.11. The molecule has 0 radical (unpaired) electrons. The van der Waals surface area contributed by atoms with Crippen molar-refractivity contribution in [2.24, 2.45) is 0 Å². The summed E-state index contributed by atoms with van der Waals surface area (Å²) in [4.78, 5) is 25.3. The van der Waals surface area contributed by atoms with Gasteiger partial charge in [-0.15, -0.1) is 0 Å². The molecule has 0 spiro atoms. The summed E-state index contributed by atoms with van der Waals surface area (Å²) in [6.45, 7) is 0.966. The molecule has 1 saturated heterocycles. The number of methoxy groups -OCH3 is 1. The molecule has 2 aromatic rings. The number of aromatic hydroxyl groups is 1. The third-order valence-corrected chi connectivity index (χ3v) is 4.51. The molecule has 1 atom stereocenters. The predicted octanol–water partition coefficient (Wildman–Crippen LogP) is 1.70. The Morgan fingerprint density at radius 1 is 1.35 bits per heavy atom. The third-order valence-electron chi connectivity index (χ3n) is 4.51. The van der Waals surface area contributed by atoms with Crippen molar-refractivity contribution in [1.29, 1.82) is 0 Å². The van der Waals surface area contributed by atoms with Crippen LogP contribution in [0.25, 0.3) is 0 Å². The summed E-state index contributed by atoms with van der Waals surface area (Å²) in [5.74, 6) is -0.784. The molecule has 26 heavy (non-hydrogen) atoms. The van der Waals surface area contributed by atoms with Gasteiger partial charge in [-0.2, -0.15) is 5.10 Å². The van der Waals surface area contributed by atoms with Gasteiger partial charge in [0.25, 0.3) is 5.91 Å². The second kappa shape index (κ2) is 7.47. The van der Waals surface area contributed by atoms with Gasteiger partial charge in [0.15, 0.2) is 11.5 Å². The number of amides is 1. The number of aliphatic carboxylic acids is 1. The van der Waals surface area contributed by atoms with Crippen LogP contribution in [0, 0.1) is 0 Å². The molecule has 1 aliphatic heterocycles. The van der Waals surface area contributed by atoms with E-state index in [4.69, 9.17) is 9.84 Å². The third kappa shape index (κ3) is 3.79. The topological polar surface area (TPSA) is 105 Å². The number of nitrogens with zero attached hydrogens (tertiary/aromatic N) is 3. The summed E-state index contributed by atoms with van der Waals surface area (Å²) >= 11 is 0. The van der Waals surface area contributed by atoms with Gasteiger partial charge in [-0.3, -0.25) is 14.3 Å². The highest BCUT2D eigenvalue weighted by Crippen LogP contribution is 2.29. The Labute approximate surface area is 150 Å². The fourth-order valence-corrected chi connectivity index (χ4v) is 3.23. The first kappa shape index (κ1) is 17.8. The SMILES string of the molecule is COc1ccc(C(=O)N2CCC[C@H](c3ccn(CC(=O)O)n3)C2)cc1O. The number of carbonyl (C=O) groups excluding carboxylic acids is 1. The molecule has 1 fully saturated rings. The molecule has 0 bridgehead atoms. The van der Waals surface area contributed by atoms with Gasteiger partial charge >= 0.3 is 5.97 Å². The van der Waals surface area contributed by atoms with E-state index in [1.54, 1.807) is 29.3 Å². The normalized spacial score (nSPS) is 17.1. The van der Waals surface area contributed by atoms with Gasteiger partial charge in [-0.25, -0.2) is 0 Å². The van der Waals surface area contributed by atoms with E-state index in [0.29, 0.717) is 24.4 Å². The van der Waals surface area contributed by atoms with E-state index in [9.17, 15) is 14.7 Å². The van der Waals surface area contributed by atoms with Crippen molar-refractivity contribution in [3.63, 3.8) is 0 Å². The zero-order chi connectivity index (χ0) is 18.7. The first-order chi connectivity index (χ1) is 12.5. The second-order valence-corrected chi connectivity index (χ2v) is 6.31. The first-order valence-corrected chi connectivity index (χ1v) is 8.39. The van der Waals surface area contributed by atoms with Crippen molar-refractivity contribution >= 4 is 11.9 Å². The fraction of sp³-hybridized carbons (Fsp3) is 0.389. The highest BCUT2D eigenvalue weighted by Gasteiger charge is 2.27. The van der Waals surface area contributed by atoms with Crippen molar-refractivity contribution in [1.82, 2.24) is 14.7 Å². The summed E-state index contributed by atoms with van der Waals surface area (Å²) in [5.41, 5.74) is 1.20. The maximum atomic E-state index is 12.7. The van der Waals surface area contributed by atoms with Crippen LogP contribution in [0.2, 0.25) is 0 Å². The largest absolute Gasteiger partial charge is 0.504 e. The van der Waals surface area contributed by atoms with Gasteiger partial charge in [0.2, 0.25) is 0 Å². The summed E-state index contributed by atoms with van der Waals surface area (Å²) < 4.78 is 6.39. The quantitative estimate of drug-likeness (QED) is 0.842. The Morgan fingerprint density at radius 3 is 2.85 bits per heavy atom. The van der Waals surface area contributed by atoms with E-state index in [2.05, 4.69) is 5.10 Å². The van der Waals surface area contributed by atoms with Gasteiger partial charge < -0.3 is 19.8 Å². The Bertz CT molecular complexity index is 817. The molecular weight excluding hydrogens is 338 g/mol. The fourth-order valence-electron chi connectivity index (χ4n) is 3.23. The number of piperidine rings is 1. The summed E-state index contributed by atoms with van der Waals surface area (Å²) in [6, 6.07) is 6.41. The molecule has 1 aromatic carbocycles. The molecule has 1 aromatic heterocycles. The van der Waals surface area contributed by atoms with Gasteiger partial charge in [0.05, 0.1) is 12.8 Å². The average molecular weight is 359 g/mol. The Hall–Kier alpha value is -3.03. The lowest BCUT2D eigenvalue weighted by Crippen LogP contribution is -2.39. The minimum absolute atomic E-state index is 0.0644.